The fourth-order valence-electron chi connectivity index (χ4n) is 4.09. The third-order valence-electron chi connectivity index (χ3n) is 5.78. The molecule has 1 atom stereocenters. The highest BCUT2D eigenvalue weighted by molar-refractivity contribution is 6.30. The van der Waals surface area contributed by atoms with Gasteiger partial charge in [0.2, 0.25) is 0 Å². The number of carbonyl (C=O) groups is 1. The minimum atomic E-state index is -0.853. The zero-order chi connectivity index (χ0) is 24.5. The summed E-state index contributed by atoms with van der Waals surface area (Å²) in [5.74, 6) is -0.302. The van der Waals surface area contributed by atoms with Crippen molar-refractivity contribution < 1.29 is 9.18 Å². The van der Waals surface area contributed by atoms with Crippen LogP contribution < -0.4 is 10.6 Å². The third kappa shape index (κ3) is 4.92. The maximum Gasteiger partial charge on any atom is 0.255 e. The molecule has 0 bridgehead atoms. The molecule has 0 saturated heterocycles. The van der Waals surface area contributed by atoms with E-state index in [0.717, 1.165) is 16.5 Å². The summed E-state index contributed by atoms with van der Waals surface area (Å²) >= 11 is 12.0. The predicted octanol–water partition coefficient (Wildman–Crippen LogP) is 6.21. The molecule has 1 aromatic heterocycles. The van der Waals surface area contributed by atoms with E-state index in [9.17, 15) is 4.79 Å². The van der Waals surface area contributed by atoms with Gasteiger partial charge in [0.15, 0.2) is 0 Å². The van der Waals surface area contributed by atoms with Gasteiger partial charge in [-0.2, -0.15) is 5.10 Å². The number of aromatic nitrogens is 2. The van der Waals surface area contributed by atoms with Crippen LogP contribution in [-0.4, -0.2) is 21.9 Å². The first-order valence-electron chi connectivity index (χ1n) is 10.9. The van der Waals surface area contributed by atoms with E-state index in [4.69, 9.17) is 28.2 Å². The largest absolute Gasteiger partial charge is 0.347 e. The van der Waals surface area contributed by atoms with Crippen molar-refractivity contribution in [3.63, 3.8) is 0 Å². The Bertz CT molecular complexity index is 1490. The molecule has 6 nitrogen and oxygen atoms in total. The first-order chi connectivity index (χ1) is 16.9. The van der Waals surface area contributed by atoms with Crippen molar-refractivity contribution in [1.82, 2.24) is 15.5 Å². The van der Waals surface area contributed by atoms with Gasteiger partial charge in [-0.3, -0.25) is 14.9 Å². The first kappa shape index (κ1) is 23.1. The molecule has 3 aromatic carbocycles. The van der Waals surface area contributed by atoms with Gasteiger partial charge in [0.25, 0.3) is 5.91 Å². The van der Waals surface area contributed by atoms with E-state index in [1.807, 2.05) is 24.3 Å². The molecule has 0 spiro atoms. The summed E-state index contributed by atoms with van der Waals surface area (Å²) < 4.78 is 15.0. The van der Waals surface area contributed by atoms with E-state index in [0.29, 0.717) is 34.2 Å². The molecule has 0 radical (unpaired) electrons. The second-order valence-electron chi connectivity index (χ2n) is 8.24. The molecule has 1 aliphatic rings. The summed E-state index contributed by atoms with van der Waals surface area (Å²) in [6.07, 6.45) is 2.14. The molecule has 2 heterocycles. The smallest absolute Gasteiger partial charge is 0.255 e. The fourth-order valence-corrected chi connectivity index (χ4v) is 4.37. The van der Waals surface area contributed by atoms with Crippen molar-refractivity contribution in [2.75, 3.05) is 5.32 Å². The van der Waals surface area contributed by atoms with Crippen LogP contribution in [0.3, 0.4) is 0 Å². The van der Waals surface area contributed by atoms with Crippen LogP contribution in [0, 0.1) is 5.82 Å². The minimum absolute atomic E-state index is 0.263. The van der Waals surface area contributed by atoms with Crippen molar-refractivity contribution in [2.45, 2.75) is 19.4 Å². The van der Waals surface area contributed by atoms with Crippen molar-refractivity contribution in [1.29, 1.82) is 0 Å². The standard InChI is InChI=1S/C26H20Cl2FN5O/c1-14-24(26(35)32-19-7-9-22-16(11-19)13-30-34-22)25(20-8-6-18(28)12-21(20)29)33-23(31-14)10-15-2-4-17(27)5-3-15/h2-9,11-13,25H,10H2,1H3,(H,30,34)(H,31,33)(H,32,35). The molecule has 0 saturated carbocycles. The molecule has 9 heteroatoms. The summed E-state index contributed by atoms with van der Waals surface area (Å²) in [4.78, 5) is 18.2. The first-order valence-corrected chi connectivity index (χ1v) is 11.6. The summed E-state index contributed by atoms with van der Waals surface area (Å²) in [6.45, 7) is 1.78. The van der Waals surface area contributed by atoms with Gasteiger partial charge in [-0.05, 0) is 55.0 Å². The van der Waals surface area contributed by atoms with Crippen molar-refractivity contribution in [2.24, 2.45) is 4.99 Å². The van der Waals surface area contributed by atoms with Crippen LogP contribution in [0.4, 0.5) is 10.1 Å². The summed E-state index contributed by atoms with van der Waals surface area (Å²) in [5.41, 5.74) is 3.60. The molecule has 0 aliphatic carbocycles. The lowest BCUT2D eigenvalue weighted by Crippen LogP contribution is -2.34. The Hall–Kier alpha value is -3.68. The predicted molar refractivity (Wildman–Crippen MR) is 137 cm³/mol. The number of anilines is 1. The van der Waals surface area contributed by atoms with Gasteiger partial charge < -0.3 is 10.6 Å². The highest BCUT2D eigenvalue weighted by Gasteiger charge is 2.31. The van der Waals surface area contributed by atoms with Crippen LogP contribution in [0.15, 0.2) is 83.1 Å². The monoisotopic (exact) mass is 507 g/mol. The number of amides is 1. The number of aromatic amines is 1. The van der Waals surface area contributed by atoms with E-state index < -0.39 is 11.9 Å². The average molecular weight is 508 g/mol. The maximum atomic E-state index is 15.0. The minimum Gasteiger partial charge on any atom is -0.347 e. The SMILES string of the molecule is CC1=C(C(=O)Nc2ccc3[nH]ncc3c2)C(c2ccc(Cl)cc2F)N=C(Cc2ccc(Cl)cc2)N1. The molecule has 4 aromatic rings. The topological polar surface area (TPSA) is 82.2 Å². The Labute approximate surface area is 210 Å². The lowest BCUT2D eigenvalue weighted by molar-refractivity contribution is -0.113. The number of carbonyl (C=O) groups excluding carboxylic acids is 1. The molecule has 176 valence electrons. The van der Waals surface area contributed by atoms with Crippen molar-refractivity contribution in [3.05, 3.63) is 105 Å². The van der Waals surface area contributed by atoms with Crippen molar-refractivity contribution in [3.8, 4) is 0 Å². The normalized spacial score (nSPS) is 15.7. The molecule has 3 N–H and O–H groups in total. The van der Waals surface area contributed by atoms with E-state index in [1.54, 1.807) is 43.5 Å². The third-order valence-corrected chi connectivity index (χ3v) is 6.27. The maximum absolute atomic E-state index is 15.0. The van der Waals surface area contributed by atoms with Crippen LogP contribution in [-0.2, 0) is 11.2 Å². The number of halogens is 3. The number of H-pyrrole nitrogens is 1. The van der Waals surface area contributed by atoms with Gasteiger partial charge in [-0.1, -0.05) is 41.4 Å². The lowest BCUT2D eigenvalue weighted by Gasteiger charge is -2.27. The van der Waals surface area contributed by atoms with Crippen LogP contribution in [0.2, 0.25) is 10.0 Å². The number of aliphatic imine (C=N–C) groups is 1. The zero-order valence-corrected chi connectivity index (χ0v) is 20.1. The Morgan fingerprint density at radius 3 is 2.60 bits per heavy atom. The van der Waals surface area contributed by atoms with E-state index in [2.05, 4.69) is 20.8 Å². The van der Waals surface area contributed by atoms with E-state index in [-0.39, 0.29) is 16.5 Å². The number of nitrogens with zero attached hydrogens (tertiary/aromatic N) is 2. The molecule has 1 unspecified atom stereocenters. The quantitative estimate of drug-likeness (QED) is 0.300. The van der Waals surface area contributed by atoms with Crippen LogP contribution >= 0.6 is 23.2 Å². The number of hydrogen-bond acceptors (Lipinski definition) is 4. The van der Waals surface area contributed by atoms with Gasteiger partial charge in [-0.15, -0.1) is 0 Å². The molecule has 1 amide bonds. The number of amidine groups is 1. The average Bonchev–Trinajstić information content (AvgIpc) is 3.28. The number of nitrogens with one attached hydrogen (secondary N) is 3. The second-order valence-corrected chi connectivity index (χ2v) is 9.11. The lowest BCUT2D eigenvalue weighted by atomic mass is 9.94. The Morgan fingerprint density at radius 1 is 1.06 bits per heavy atom. The van der Waals surface area contributed by atoms with Gasteiger partial charge in [0.1, 0.15) is 17.7 Å². The molecule has 0 fully saturated rings. The Morgan fingerprint density at radius 2 is 1.83 bits per heavy atom. The number of fused-ring (bicyclic) bond motifs is 1. The second kappa shape index (κ2) is 9.52. The van der Waals surface area contributed by atoms with Gasteiger partial charge in [0, 0.05) is 38.8 Å². The summed E-state index contributed by atoms with van der Waals surface area (Å²) in [7, 11) is 0. The molecule has 35 heavy (non-hydrogen) atoms. The van der Waals surface area contributed by atoms with Crippen molar-refractivity contribution >= 4 is 51.5 Å². The fraction of sp³-hybridized carbons (Fsp3) is 0.115. The summed E-state index contributed by atoms with van der Waals surface area (Å²) in [5, 5.41) is 14.8. The van der Waals surface area contributed by atoms with Gasteiger partial charge in [0.05, 0.1) is 17.3 Å². The number of rotatable bonds is 5. The number of benzene rings is 3. The highest BCUT2D eigenvalue weighted by Crippen LogP contribution is 2.34. The number of allylic oxidation sites excluding steroid dienone is 1. The molecule has 5 rings (SSSR count). The highest BCUT2D eigenvalue weighted by atomic mass is 35.5. The Balaban J connectivity index is 1.50. The molecule has 1 aliphatic heterocycles. The summed E-state index contributed by atoms with van der Waals surface area (Å²) in [6, 6.07) is 16.4. The van der Waals surface area contributed by atoms with E-state index >= 15 is 4.39 Å². The molecular weight excluding hydrogens is 488 g/mol. The number of hydrogen-bond donors (Lipinski definition) is 3. The van der Waals surface area contributed by atoms with Gasteiger partial charge in [-0.25, -0.2) is 4.39 Å². The van der Waals surface area contributed by atoms with Crippen LogP contribution in [0.1, 0.15) is 24.1 Å². The van der Waals surface area contributed by atoms with Crippen LogP contribution in [0.25, 0.3) is 10.9 Å². The zero-order valence-electron chi connectivity index (χ0n) is 18.6. The van der Waals surface area contributed by atoms with E-state index in [1.165, 1.54) is 6.07 Å². The van der Waals surface area contributed by atoms with Gasteiger partial charge >= 0.3 is 0 Å². The molecular formula is C26H20Cl2FN5O. The van der Waals surface area contributed by atoms with Crippen LogP contribution in [0.5, 0.6) is 0 Å². The Kier molecular flexibility index (Phi) is 6.28.